The average Bonchev–Trinajstić information content (AvgIpc) is 3.35. The van der Waals surface area contributed by atoms with Crippen molar-refractivity contribution in [3.8, 4) is 0 Å². The summed E-state index contributed by atoms with van der Waals surface area (Å²) >= 11 is 1.71. The number of anilines is 1. The summed E-state index contributed by atoms with van der Waals surface area (Å²) in [5.74, 6) is 0.0800. The number of carbonyl (C=O) groups excluding carboxylic acids is 2. The minimum absolute atomic E-state index is 0.0699. The molecule has 0 aliphatic carbocycles. The molecule has 130 valence electrons. The Morgan fingerprint density at radius 3 is 2.84 bits per heavy atom. The van der Waals surface area contributed by atoms with Crippen LogP contribution in [-0.4, -0.2) is 36.5 Å². The fourth-order valence-corrected chi connectivity index (χ4v) is 4.62. The van der Waals surface area contributed by atoms with Crippen LogP contribution in [0.3, 0.4) is 0 Å². The molecule has 6 heteroatoms. The van der Waals surface area contributed by atoms with Crippen molar-refractivity contribution in [1.29, 1.82) is 0 Å². The number of aryl methyl sites for hydroxylation is 1. The van der Waals surface area contributed by atoms with E-state index < -0.39 is 0 Å². The summed E-state index contributed by atoms with van der Waals surface area (Å²) in [6, 6.07) is 9.93. The normalized spacial score (nSPS) is 20.2. The van der Waals surface area contributed by atoms with E-state index in [-0.39, 0.29) is 18.0 Å². The van der Waals surface area contributed by atoms with E-state index in [2.05, 4.69) is 16.8 Å². The second kappa shape index (κ2) is 6.52. The number of rotatable bonds is 3. The van der Waals surface area contributed by atoms with E-state index in [1.165, 1.54) is 4.88 Å². The van der Waals surface area contributed by atoms with Crippen molar-refractivity contribution in [2.45, 2.75) is 25.8 Å². The van der Waals surface area contributed by atoms with E-state index in [4.69, 9.17) is 0 Å². The van der Waals surface area contributed by atoms with Crippen molar-refractivity contribution in [3.05, 3.63) is 51.7 Å². The quantitative estimate of drug-likeness (QED) is 0.915. The number of thiophene rings is 1. The van der Waals surface area contributed by atoms with Crippen LogP contribution in [0.25, 0.3) is 0 Å². The number of benzene rings is 1. The van der Waals surface area contributed by atoms with Crippen molar-refractivity contribution < 1.29 is 9.59 Å². The summed E-state index contributed by atoms with van der Waals surface area (Å²) in [5, 5.41) is 4.88. The largest absolute Gasteiger partial charge is 0.336 e. The van der Waals surface area contributed by atoms with Gasteiger partial charge in [0.25, 0.3) is 5.91 Å². The predicted octanol–water partition coefficient (Wildman–Crippen LogP) is 3.56. The van der Waals surface area contributed by atoms with Crippen LogP contribution in [0.4, 0.5) is 10.5 Å². The molecule has 1 aromatic carbocycles. The third kappa shape index (κ3) is 2.91. The van der Waals surface area contributed by atoms with Crippen molar-refractivity contribution in [3.63, 3.8) is 0 Å². The Kier molecular flexibility index (Phi) is 4.21. The van der Waals surface area contributed by atoms with Crippen molar-refractivity contribution in [2.24, 2.45) is 0 Å². The number of amides is 3. The van der Waals surface area contributed by atoms with Gasteiger partial charge in [0.1, 0.15) is 0 Å². The second-order valence-corrected chi connectivity index (χ2v) is 7.54. The van der Waals surface area contributed by atoms with Gasteiger partial charge in [-0.25, -0.2) is 4.79 Å². The molecule has 0 bridgehead atoms. The Balaban J connectivity index is 1.58. The number of urea groups is 1. The standard InChI is InChI=1S/C19H21N3O2S/c1-13-12-14(6-7-15(13)22-10-8-20-19(22)24)18(23)21-9-2-4-16(21)17-5-3-11-25-17/h3,5-7,11-12,16H,2,4,8-10H2,1H3,(H,20,24)/t16-/m0/s1. The molecule has 1 aromatic heterocycles. The van der Waals surface area contributed by atoms with Crippen LogP contribution in [0.15, 0.2) is 35.7 Å². The minimum atomic E-state index is -0.0699. The number of carbonyl (C=O) groups is 2. The number of likely N-dealkylation sites (tertiary alicyclic amines) is 1. The Bertz CT molecular complexity index is 803. The van der Waals surface area contributed by atoms with Crippen LogP contribution in [-0.2, 0) is 0 Å². The van der Waals surface area contributed by atoms with Gasteiger partial charge in [-0.1, -0.05) is 6.07 Å². The molecule has 25 heavy (non-hydrogen) atoms. The Morgan fingerprint density at radius 2 is 2.16 bits per heavy atom. The van der Waals surface area contributed by atoms with Gasteiger partial charge in [-0.05, 0) is 55.0 Å². The third-order valence-corrected chi connectivity index (χ3v) is 5.95. The highest BCUT2D eigenvalue weighted by Gasteiger charge is 2.31. The number of hydrogen-bond donors (Lipinski definition) is 1. The molecule has 2 saturated heterocycles. The SMILES string of the molecule is Cc1cc(C(=O)N2CCC[C@H]2c2cccs2)ccc1N1CCNC1=O. The summed E-state index contributed by atoms with van der Waals surface area (Å²) in [5.41, 5.74) is 2.53. The molecule has 4 rings (SSSR count). The lowest BCUT2D eigenvalue weighted by Gasteiger charge is -2.25. The Hall–Kier alpha value is -2.34. The van der Waals surface area contributed by atoms with Gasteiger partial charge in [0.15, 0.2) is 0 Å². The second-order valence-electron chi connectivity index (χ2n) is 6.56. The first-order chi connectivity index (χ1) is 12.1. The molecule has 2 fully saturated rings. The molecule has 1 N–H and O–H groups in total. The maximum absolute atomic E-state index is 13.0. The summed E-state index contributed by atoms with van der Waals surface area (Å²) in [4.78, 5) is 29.9. The van der Waals surface area contributed by atoms with E-state index in [9.17, 15) is 9.59 Å². The van der Waals surface area contributed by atoms with E-state index in [1.807, 2.05) is 36.1 Å². The molecule has 2 aliphatic rings. The maximum Gasteiger partial charge on any atom is 0.322 e. The molecule has 0 unspecified atom stereocenters. The molecule has 1 atom stereocenters. The fourth-order valence-electron chi connectivity index (χ4n) is 3.75. The molecule has 2 aliphatic heterocycles. The van der Waals surface area contributed by atoms with Crippen LogP contribution in [0.1, 0.15) is 39.7 Å². The highest BCUT2D eigenvalue weighted by Crippen LogP contribution is 2.36. The van der Waals surface area contributed by atoms with Gasteiger partial charge in [-0.3, -0.25) is 9.69 Å². The van der Waals surface area contributed by atoms with Crippen LogP contribution in [0, 0.1) is 6.92 Å². The monoisotopic (exact) mass is 355 g/mol. The highest BCUT2D eigenvalue weighted by atomic mass is 32.1. The Labute approximate surface area is 151 Å². The predicted molar refractivity (Wildman–Crippen MR) is 99.3 cm³/mol. The molecule has 5 nitrogen and oxygen atoms in total. The van der Waals surface area contributed by atoms with Gasteiger partial charge in [-0.15, -0.1) is 11.3 Å². The molecule has 0 spiro atoms. The molecule has 0 saturated carbocycles. The molecular formula is C19H21N3O2S. The number of nitrogens with zero attached hydrogens (tertiary/aromatic N) is 2. The van der Waals surface area contributed by atoms with E-state index in [1.54, 1.807) is 16.2 Å². The summed E-state index contributed by atoms with van der Waals surface area (Å²) in [6.07, 6.45) is 2.07. The Morgan fingerprint density at radius 1 is 1.28 bits per heavy atom. The third-order valence-electron chi connectivity index (χ3n) is 4.98. The van der Waals surface area contributed by atoms with Gasteiger partial charge < -0.3 is 10.2 Å². The van der Waals surface area contributed by atoms with E-state index >= 15 is 0 Å². The van der Waals surface area contributed by atoms with E-state index in [0.29, 0.717) is 18.7 Å². The lowest BCUT2D eigenvalue weighted by Crippen LogP contribution is -2.31. The summed E-state index contributed by atoms with van der Waals surface area (Å²) < 4.78 is 0. The molecule has 3 heterocycles. The fraction of sp³-hybridized carbons (Fsp3) is 0.368. The maximum atomic E-state index is 13.0. The van der Waals surface area contributed by atoms with Gasteiger partial charge in [0.05, 0.1) is 6.04 Å². The van der Waals surface area contributed by atoms with Gasteiger partial charge in [0, 0.05) is 35.8 Å². The summed E-state index contributed by atoms with van der Waals surface area (Å²) in [7, 11) is 0. The zero-order valence-corrected chi connectivity index (χ0v) is 15.0. The number of hydrogen-bond acceptors (Lipinski definition) is 3. The molecule has 0 radical (unpaired) electrons. The zero-order valence-electron chi connectivity index (χ0n) is 14.2. The van der Waals surface area contributed by atoms with Crippen LogP contribution >= 0.6 is 11.3 Å². The van der Waals surface area contributed by atoms with Gasteiger partial charge in [0.2, 0.25) is 0 Å². The molecule has 3 amide bonds. The first-order valence-electron chi connectivity index (χ1n) is 8.65. The van der Waals surface area contributed by atoms with Crippen LogP contribution in [0.2, 0.25) is 0 Å². The van der Waals surface area contributed by atoms with Crippen molar-refractivity contribution in [1.82, 2.24) is 10.2 Å². The molecule has 2 aromatic rings. The van der Waals surface area contributed by atoms with Gasteiger partial charge in [-0.2, -0.15) is 0 Å². The molecular weight excluding hydrogens is 334 g/mol. The van der Waals surface area contributed by atoms with Crippen molar-refractivity contribution in [2.75, 3.05) is 24.5 Å². The zero-order chi connectivity index (χ0) is 17.4. The van der Waals surface area contributed by atoms with Gasteiger partial charge >= 0.3 is 6.03 Å². The highest BCUT2D eigenvalue weighted by molar-refractivity contribution is 7.10. The number of nitrogens with one attached hydrogen (secondary N) is 1. The minimum Gasteiger partial charge on any atom is -0.336 e. The van der Waals surface area contributed by atoms with E-state index in [0.717, 1.165) is 30.6 Å². The lowest BCUT2D eigenvalue weighted by atomic mass is 10.1. The summed E-state index contributed by atoms with van der Waals surface area (Å²) in [6.45, 7) is 4.09. The smallest absolute Gasteiger partial charge is 0.322 e. The van der Waals surface area contributed by atoms with Crippen LogP contribution in [0.5, 0.6) is 0 Å². The topological polar surface area (TPSA) is 52.7 Å². The van der Waals surface area contributed by atoms with Crippen molar-refractivity contribution >= 4 is 29.0 Å². The lowest BCUT2D eigenvalue weighted by molar-refractivity contribution is 0.0738. The van der Waals surface area contributed by atoms with Crippen LogP contribution < -0.4 is 10.2 Å². The first-order valence-corrected chi connectivity index (χ1v) is 9.53. The average molecular weight is 355 g/mol. The first kappa shape index (κ1) is 16.1.